The van der Waals surface area contributed by atoms with Crippen LogP contribution in [-0.4, -0.2) is 24.2 Å². The summed E-state index contributed by atoms with van der Waals surface area (Å²) in [5.74, 6) is -0.332. The van der Waals surface area contributed by atoms with E-state index in [1.54, 1.807) is 18.3 Å². The summed E-state index contributed by atoms with van der Waals surface area (Å²) in [6, 6.07) is 15.7. The summed E-state index contributed by atoms with van der Waals surface area (Å²) < 4.78 is 27.3. The van der Waals surface area contributed by atoms with Crippen LogP contribution in [0.15, 0.2) is 77.8 Å². The Morgan fingerprint density at radius 2 is 1.80 bits per heavy atom. The SMILES string of the molecule is CC(NC(=O)c1ccc(NS(=O)(=O)c2cccc([N+](=O)[O-])c2)cc1)c1ccccn1. The molecular weight excluding hydrogens is 408 g/mol. The number of hydrogen-bond donors (Lipinski definition) is 2. The first-order valence-corrected chi connectivity index (χ1v) is 10.3. The second-order valence-electron chi connectivity index (χ2n) is 6.39. The first-order valence-electron chi connectivity index (χ1n) is 8.85. The zero-order chi connectivity index (χ0) is 21.7. The molecule has 154 valence electrons. The number of benzene rings is 2. The average molecular weight is 426 g/mol. The van der Waals surface area contributed by atoms with Crippen LogP contribution < -0.4 is 10.0 Å². The molecule has 1 heterocycles. The van der Waals surface area contributed by atoms with Crippen molar-refractivity contribution in [1.29, 1.82) is 0 Å². The van der Waals surface area contributed by atoms with E-state index in [9.17, 15) is 23.3 Å². The number of rotatable bonds is 7. The fourth-order valence-electron chi connectivity index (χ4n) is 2.65. The quantitative estimate of drug-likeness (QED) is 0.440. The van der Waals surface area contributed by atoms with Gasteiger partial charge in [0.05, 0.1) is 21.6 Å². The Bertz CT molecular complexity index is 1170. The molecule has 3 rings (SSSR count). The fourth-order valence-corrected chi connectivity index (χ4v) is 3.75. The molecule has 0 saturated carbocycles. The molecule has 0 spiro atoms. The molecule has 1 aromatic heterocycles. The second-order valence-corrected chi connectivity index (χ2v) is 8.07. The molecule has 30 heavy (non-hydrogen) atoms. The van der Waals surface area contributed by atoms with Gasteiger partial charge in [0, 0.05) is 29.6 Å². The average Bonchev–Trinajstić information content (AvgIpc) is 2.74. The van der Waals surface area contributed by atoms with E-state index in [4.69, 9.17) is 0 Å². The monoisotopic (exact) mass is 426 g/mol. The van der Waals surface area contributed by atoms with Crippen molar-refractivity contribution in [3.05, 3.63) is 94.3 Å². The number of hydrogen-bond acceptors (Lipinski definition) is 6. The molecule has 2 aromatic carbocycles. The zero-order valence-electron chi connectivity index (χ0n) is 15.8. The van der Waals surface area contributed by atoms with Crippen molar-refractivity contribution in [2.45, 2.75) is 17.9 Å². The summed E-state index contributed by atoms with van der Waals surface area (Å²) >= 11 is 0. The summed E-state index contributed by atoms with van der Waals surface area (Å²) in [6.07, 6.45) is 1.64. The first kappa shape index (κ1) is 20.9. The molecule has 0 radical (unpaired) electrons. The highest BCUT2D eigenvalue weighted by Gasteiger charge is 2.18. The van der Waals surface area contributed by atoms with Crippen molar-refractivity contribution in [2.75, 3.05) is 4.72 Å². The Balaban J connectivity index is 1.70. The number of carbonyl (C=O) groups excluding carboxylic acids is 1. The summed E-state index contributed by atoms with van der Waals surface area (Å²) in [5, 5.41) is 13.7. The molecule has 0 aliphatic rings. The van der Waals surface area contributed by atoms with Crippen LogP contribution in [0, 0.1) is 10.1 Å². The van der Waals surface area contributed by atoms with Crippen molar-refractivity contribution in [3.63, 3.8) is 0 Å². The predicted molar refractivity (Wildman–Crippen MR) is 110 cm³/mol. The highest BCUT2D eigenvalue weighted by atomic mass is 32.2. The zero-order valence-corrected chi connectivity index (χ0v) is 16.7. The van der Waals surface area contributed by atoms with Crippen molar-refractivity contribution >= 4 is 27.3 Å². The van der Waals surface area contributed by atoms with Gasteiger partial charge in [-0.2, -0.15) is 0 Å². The molecule has 2 N–H and O–H groups in total. The fraction of sp³-hybridized carbons (Fsp3) is 0.100. The van der Waals surface area contributed by atoms with Crippen molar-refractivity contribution < 1.29 is 18.1 Å². The van der Waals surface area contributed by atoms with Crippen LogP contribution in [0.2, 0.25) is 0 Å². The molecule has 0 fully saturated rings. The van der Waals surface area contributed by atoms with Crippen LogP contribution in [0.1, 0.15) is 29.0 Å². The second kappa shape index (κ2) is 8.70. The summed E-state index contributed by atoms with van der Waals surface area (Å²) in [5.41, 5.74) is 0.950. The number of sulfonamides is 1. The van der Waals surface area contributed by atoms with Gasteiger partial charge in [-0.3, -0.25) is 24.6 Å². The highest BCUT2D eigenvalue weighted by Crippen LogP contribution is 2.21. The van der Waals surface area contributed by atoms with Crippen LogP contribution in [0.3, 0.4) is 0 Å². The van der Waals surface area contributed by atoms with Crippen LogP contribution in [0.5, 0.6) is 0 Å². The summed E-state index contributed by atoms with van der Waals surface area (Å²) in [6.45, 7) is 1.81. The molecule has 0 saturated heterocycles. The van der Waals surface area contributed by atoms with Crippen LogP contribution in [0.25, 0.3) is 0 Å². The topological polar surface area (TPSA) is 131 Å². The summed E-state index contributed by atoms with van der Waals surface area (Å²) in [7, 11) is -4.02. The lowest BCUT2D eigenvalue weighted by atomic mass is 10.1. The van der Waals surface area contributed by atoms with E-state index in [0.29, 0.717) is 11.3 Å². The predicted octanol–water partition coefficient (Wildman–Crippen LogP) is 3.28. The van der Waals surface area contributed by atoms with Crippen LogP contribution in [0.4, 0.5) is 11.4 Å². The van der Waals surface area contributed by atoms with Crippen molar-refractivity contribution in [3.8, 4) is 0 Å². The number of aromatic nitrogens is 1. The van der Waals surface area contributed by atoms with E-state index in [0.717, 1.165) is 6.07 Å². The number of anilines is 1. The van der Waals surface area contributed by atoms with E-state index in [-0.39, 0.29) is 28.2 Å². The van der Waals surface area contributed by atoms with Gasteiger partial charge >= 0.3 is 0 Å². The highest BCUT2D eigenvalue weighted by molar-refractivity contribution is 7.92. The van der Waals surface area contributed by atoms with E-state index < -0.39 is 14.9 Å². The van der Waals surface area contributed by atoms with Gasteiger partial charge in [0.1, 0.15) is 0 Å². The molecule has 0 aliphatic carbocycles. The number of non-ortho nitro benzene ring substituents is 1. The van der Waals surface area contributed by atoms with Crippen LogP contribution in [-0.2, 0) is 10.0 Å². The number of nitrogens with one attached hydrogen (secondary N) is 2. The van der Waals surface area contributed by atoms with E-state index in [1.807, 2.05) is 13.0 Å². The smallest absolute Gasteiger partial charge is 0.270 e. The standard InChI is InChI=1S/C20H18N4O5S/c1-14(19-7-2-3-12-21-19)22-20(25)15-8-10-16(11-9-15)23-30(28,29)18-6-4-5-17(13-18)24(26)27/h2-14,23H,1H3,(H,22,25). The maximum absolute atomic E-state index is 12.5. The van der Waals surface area contributed by atoms with Gasteiger partial charge in [0.15, 0.2) is 0 Å². The minimum atomic E-state index is -4.02. The molecule has 0 bridgehead atoms. The van der Waals surface area contributed by atoms with E-state index >= 15 is 0 Å². The first-order chi connectivity index (χ1) is 14.3. The third-order valence-corrected chi connectivity index (χ3v) is 5.60. The van der Waals surface area contributed by atoms with Gasteiger partial charge < -0.3 is 5.32 Å². The molecular formula is C20H18N4O5S. The minimum absolute atomic E-state index is 0.218. The number of nitro benzene ring substituents is 1. The number of nitrogens with zero attached hydrogens (tertiary/aromatic N) is 2. The molecule has 0 aliphatic heterocycles. The van der Waals surface area contributed by atoms with Gasteiger partial charge in [0.2, 0.25) is 0 Å². The number of carbonyl (C=O) groups is 1. The van der Waals surface area contributed by atoms with Crippen molar-refractivity contribution in [1.82, 2.24) is 10.3 Å². The number of amides is 1. The Morgan fingerprint density at radius 1 is 1.07 bits per heavy atom. The Labute approximate surface area is 173 Å². The normalized spacial score (nSPS) is 12.0. The minimum Gasteiger partial charge on any atom is -0.344 e. The lowest BCUT2D eigenvalue weighted by Gasteiger charge is -2.13. The molecule has 10 heteroatoms. The van der Waals surface area contributed by atoms with E-state index in [2.05, 4.69) is 15.0 Å². The van der Waals surface area contributed by atoms with Gasteiger partial charge in [-0.25, -0.2) is 8.42 Å². The maximum atomic E-state index is 12.5. The lowest BCUT2D eigenvalue weighted by Crippen LogP contribution is -2.27. The van der Waals surface area contributed by atoms with Gasteiger partial charge in [0.25, 0.3) is 21.6 Å². The molecule has 3 aromatic rings. The van der Waals surface area contributed by atoms with Crippen LogP contribution >= 0.6 is 0 Å². The molecule has 9 nitrogen and oxygen atoms in total. The maximum Gasteiger partial charge on any atom is 0.270 e. The lowest BCUT2D eigenvalue weighted by molar-refractivity contribution is -0.385. The Kier molecular flexibility index (Phi) is 6.07. The van der Waals surface area contributed by atoms with E-state index in [1.165, 1.54) is 42.5 Å². The molecule has 1 atom stereocenters. The van der Waals surface area contributed by atoms with Crippen molar-refractivity contribution in [2.24, 2.45) is 0 Å². The third kappa shape index (κ3) is 4.97. The number of pyridine rings is 1. The third-order valence-electron chi connectivity index (χ3n) is 4.22. The summed E-state index contributed by atoms with van der Waals surface area (Å²) in [4.78, 5) is 26.6. The Hall–Kier alpha value is -3.79. The van der Waals surface area contributed by atoms with Gasteiger partial charge in [-0.1, -0.05) is 12.1 Å². The number of nitro groups is 1. The van der Waals surface area contributed by atoms with Gasteiger partial charge in [-0.15, -0.1) is 0 Å². The largest absolute Gasteiger partial charge is 0.344 e. The molecule has 1 amide bonds. The molecule has 1 unspecified atom stereocenters. The van der Waals surface area contributed by atoms with Gasteiger partial charge in [-0.05, 0) is 49.4 Å². The Morgan fingerprint density at radius 3 is 2.43 bits per heavy atom.